The second kappa shape index (κ2) is 8.77. The van der Waals surface area contributed by atoms with Gasteiger partial charge in [-0.1, -0.05) is 0 Å². The van der Waals surface area contributed by atoms with E-state index in [9.17, 15) is 18.4 Å². The molecule has 0 spiro atoms. The van der Waals surface area contributed by atoms with Gasteiger partial charge in [-0.15, -0.1) is 0 Å². The molecular weight excluding hydrogens is 374 g/mol. The van der Waals surface area contributed by atoms with Crippen molar-refractivity contribution in [3.8, 4) is 17.1 Å². The zero-order chi connectivity index (χ0) is 20.9. The maximum Gasteiger partial charge on any atom is 0.407 e. The summed E-state index contributed by atoms with van der Waals surface area (Å²) in [5.41, 5.74) is -0.117. The van der Waals surface area contributed by atoms with Crippen LogP contribution in [-0.2, 0) is 11.3 Å². The van der Waals surface area contributed by atoms with Crippen molar-refractivity contribution >= 4 is 12.4 Å². The summed E-state index contributed by atoms with van der Waals surface area (Å²) in [7, 11) is 0. The van der Waals surface area contributed by atoms with E-state index in [1.54, 1.807) is 32.3 Å². The smallest absolute Gasteiger partial charge is 0.407 e. The van der Waals surface area contributed by atoms with Crippen molar-refractivity contribution in [3.63, 3.8) is 0 Å². The highest BCUT2D eigenvalue weighted by Crippen LogP contribution is 2.30. The Balaban J connectivity index is 2.23. The van der Waals surface area contributed by atoms with E-state index in [1.165, 1.54) is 18.3 Å². The molecule has 0 aromatic carbocycles. The first-order chi connectivity index (χ1) is 13.1. The van der Waals surface area contributed by atoms with E-state index < -0.39 is 18.3 Å². The number of aryl methyl sites for hydroxylation is 1. The summed E-state index contributed by atoms with van der Waals surface area (Å²) in [5, 5.41) is 2.59. The molecule has 8 nitrogen and oxygen atoms in total. The van der Waals surface area contributed by atoms with Crippen LogP contribution < -0.4 is 10.1 Å². The second-order valence-electron chi connectivity index (χ2n) is 6.83. The van der Waals surface area contributed by atoms with Crippen LogP contribution in [-0.4, -0.2) is 45.7 Å². The lowest BCUT2D eigenvalue weighted by Crippen LogP contribution is -2.34. The Morgan fingerprint density at radius 2 is 2.11 bits per heavy atom. The van der Waals surface area contributed by atoms with E-state index in [0.717, 1.165) is 0 Å². The van der Waals surface area contributed by atoms with E-state index in [1.807, 2.05) is 0 Å². The zero-order valence-electron chi connectivity index (χ0n) is 16.0. The van der Waals surface area contributed by atoms with Crippen LogP contribution in [0.3, 0.4) is 0 Å². The molecule has 0 radical (unpaired) electrons. The minimum atomic E-state index is -3.06. The van der Waals surface area contributed by atoms with Crippen molar-refractivity contribution in [2.45, 2.75) is 46.5 Å². The third-order valence-corrected chi connectivity index (χ3v) is 3.54. The molecule has 0 saturated heterocycles. The molecule has 2 aromatic rings. The Labute approximate surface area is 160 Å². The molecule has 2 heterocycles. The SMILES string of the molecule is Cc1nc(-c2cccnc2OC(F)F)c(C=O)n1CCNC(=O)OC(C)(C)C. The molecule has 1 amide bonds. The van der Waals surface area contributed by atoms with E-state index in [-0.39, 0.29) is 35.9 Å². The molecule has 0 aliphatic carbocycles. The zero-order valence-corrected chi connectivity index (χ0v) is 16.0. The quantitative estimate of drug-likeness (QED) is 0.722. The molecular formula is C18H22F2N4O4. The summed E-state index contributed by atoms with van der Waals surface area (Å²) >= 11 is 0. The number of pyridine rings is 1. The van der Waals surface area contributed by atoms with Gasteiger partial charge in [0, 0.05) is 19.3 Å². The normalized spacial score (nSPS) is 11.4. The van der Waals surface area contributed by atoms with Crippen LogP contribution in [0, 0.1) is 6.92 Å². The van der Waals surface area contributed by atoms with Gasteiger partial charge >= 0.3 is 12.7 Å². The number of hydrogen-bond acceptors (Lipinski definition) is 6. The van der Waals surface area contributed by atoms with Crippen molar-refractivity contribution < 1.29 is 27.8 Å². The first-order valence-corrected chi connectivity index (χ1v) is 8.51. The second-order valence-corrected chi connectivity index (χ2v) is 6.83. The number of hydrogen-bond donors (Lipinski definition) is 1. The number of nitrogens with one attached hydrogen (secondary N) is 1. The lowest BCUT2D eigenvalue weighted by molar-refractivity contribution is -0.0524. The van der Waals surface area contributed by atoms with E-state index in [2.05, 4.69) is 20.0 Å². The number of aldehydes is 1. The number of halogens is 2. The summed E-state index contributed by atoms with van der Waals surface area (Å²) < 4.78 is 36.4. The fraction of sp³-hybridized carbons (Fsp3) is 0.444. The molecule has 0 atom stereocenters. The number of alkyl carbamates (subject to hydrolysis) is 1. The lowest BCUT2D eigenvalue weighted by atomic mass is 10.1. The van der Waals surface area contributed by atoms with Gasteiger partial charge in [-0.2, -0.15) is 8.78 Å². The summed E-state index contributed by atoms with van der Waals surface area (Å²) in [6, 6.07) is 3.02. The van der Waals surface area contributed by atoms with Crippen LogP contribution in [0.4, 0.5) is 13.6 Å². The Kier molecular flexibility index (Phi) is 6.66. The van der Waals surface area contributed by atoms with Crippen molar-refractivity contribution in [2.24, 2.45) is 0 Å². The largest absolute Gasteiger partial charge is 0.444 e. The number of carbonyl (C=O) groups excluding carboxylic acids is 2. The van der Waals surface area contributed by atoms with Gasteiger partial charge in [-0.05, 0) is 39.8 Å². The number of carbonyl (C=O) groups is 2. The number of nitrogens with zero attached hydrogens (tertiary/aromatic N) is 3. The monoisotopic (exact) mass is 396 g/mol. The highest BCUT2D eigenvalue weighted by molar-refractivity contribution is 5.85. The molecule has 152 valence electrons. The molecule has 0 aliphatic heterocycles. The predicted octanol–water partition coefficient (Wildman–Crippen LogP) is 3.19. The number of ether oxygens (including phenoxy) is 2. The average Bonchev–Trinajstić information content (AvgIpc) is 2.89. The van der Waals surface area contributed by atoms with Gasteiger partial charge < -0.3 is 19.4 Å². The highest BCUT2D eigenvalue weighted by Gasteiger charge is 2.21. The average molecular weight is 396 g/mol. The van der Waals surface area contributed by atoms with Crippen LogP contribution in [0.5, 0.6) is 5.88 Å². The summed E-state index contributed by atoms with van der Waals surface area (Å²) in [6.45, 7) is 4.25. The molecule has 10 heteroatoms. The fourth-order valence-corrected chi connectivity index (χ4v) is 2.51. The number of rotatable bonds is 7. The van der Waals surface area contributed by atoms with Gasteiger partial charge in [-0.25, -0.2) is 14.8 Å². The predicted molar refractivity (Wildman–Crippen MR) is 96.5 cm³/mol. The van der Waals surface area contributed by atoms with Gasteiger partial charge in [0.1, 0.15) is 22.8 Å². The van der Waals surface area contributed by atoms with Crippen LogP contribution in [0.2, 0.25) is 0 Å². The number of amides is 1. The molecule has 0 fully saturated rings. The number of aromatic nitrogens is 3. The van der Waals surface area contributed by atoms with E-state index in [4.69, 9.17) is 4.74 Å². The van der Waals surface area contributed by atoms with Crippen molar-refractivity contribution in [1.82, 2.24) is 19.9 Å². The molecule has 28 heavy (non-hydrogen) atoms. The van der Waals surface area contributed by atoms with Crippen molar-refractivity contribution in [2.75, 3.05) is 6.54 Å². The Hall–Kier alpha value is -3.04. The summed E-state index contributed by atoms with van der Waals surface area (Å²) in [6.07, 6.45) is 1.29. The topological polar surface area (TPSA) is 95.3 Å². The maximum absolute atomic E-state index is 12.6. The molecule has 2 aromatic heterocycles. The number of alkyl halides is 2. The summed E-state index contributed by atoms with van der Waals surface area (Å²) in [5.74, 6) is 0.145. The van der Waals surface area contributed by atoms with E-state index >= 15 is 0 Å². The minimum Gasteiger partial charge on any atom is -0.444 e. The van der Waals surface area contributed by atoms with Crippen LogP contribution >= 0.6 is 0 Å². The lowest BCUT2D eigenvalue weighted by Gasteiger charge is -2.19. The molecule has 0 bridgehead atoms. The van der Waals surface area contributed by atoms with Crippen LogP contribution in [0.1, 0.15) is 37.1 Å². The molecule has 0 aliphatic rings. The first-order valence-electron chi connectivity index (χ1n) is 8.51. The van der Waals surface area contributed by atoms with Gasteiger partial charge in [0.2, 0.25) is 5.88 Å². The minimum absolute atomic E-state index is 0.163. The Morgan fingerprint density at radius 1 is 1.39 bits per heavy atom. The fourth-order valence-electron chi connectivity index (χ4n) is 2.51. The van der Waals surface area contributed by atoms with Crippen LogP contribution in [0.25, 0.3) is 11.3 Å². The standard InChI is InChI=1S/C18H22F2N4O4/c1-11-23-14(12-6-5-7-21-15(12)27-16(19)20)13(10-25)24(11)9-8-22-17(26)28-18(2,3)4/h5-7,10,16H,8-9H2,1-4H3,(H,22,26). The molecule has 1 N–H and O–H groups in total. The van der Waals surface area contributed by atoms with E-state index in [0.29, 0.717) is 12.1 Å². The summed E-state index contributed by atoms with van der Waals surface area (Å²) in [4.78, 5) is 31.5. The molecule has 0 unspecified atom stereocenters. The van der Waals surface area contributed by atoms with Crippen LogP contribution in [0.15, 0.2) is 18.3 Å². The Bertz CT molecular complexity index is 847. The number of imidazole rings is 1. The highest BCUT2D eigenvalue weighted by atomic mass is 19.3. The molecule has 2 rings (SSSR count). The first kappa shape index (κ1) is 21.3. The Morgan fingerprint density at radius 3 is 2.71 bits per heavy atom. The third-order valence-electron chi connectivity index (χ3n) is 3.54. The van der Waals surface area contributed by atoms with Gasteiger partial charge in [0.25, 0.3) is 0 Å². The van der Waals surface area contributed by atoms with Gasteiger partial charge in [0.15, 0.2) is 6.29 Å². The maximum atomic E-state index is 12.6. The van der Waals surface area contributed by atoms with Crippen molar-refractivity contribution in [3.05, 3.63) is 29.8 Å². The van der Waals surface area contributed by atoms with Crippen molar-refractivity contribution in [1.29, 1.82) is 0 Å². The third kappa shape index (κ3) is 5.48. The van der Waals surface area contributed by atoms with Gasteiger partial charge in [0.05, 0.1) is 5.56 Å². The molecule has 0 saturated carbocycles. The van der Waals surface area contributed by atoms with Gasteiger partial charge in [-0.3, -0.25) is 4.79 Å².